The molecule has 1 aliphatic rings. The minimum Gasteiger partial charge on any atom is -0.439 e. The van der Waals surface area contributed by atoms with E-state index in [1.807, 2.05) is 20.8 Å². The van der Waals surface area contributed by atoms with Gasteiger partial charge in [0.05, 0.1) is 5.02 Å². The summed E-state index contributed by atoms with van der Waals surface area (Å²) in [5.41, 5.74) is 0.0182. The van der Waals surface area contributed by atoms with Gasteiger partial charge in [-0.05, 0) is 12.1 Å². The van der Waals surface area contributed by atoms with Crippen LogP contribution in [0.2, 0.25) is 5.02 Å². The minimum atomic E-state index is -4.07. The Morgan fingerprint density at radius 1 is 1.24 bits per heavy atom. The summed E-state index contributed by atoms with van der Waals surface area (Å²) in [4.78, 5) is 4.13. The van der Waals surface area contributed by atoms with Crippen molar-refractivity contribution in [3.8, 4) is 0 Å². The molecule has 0 spiro atoms. The second-order valence-electron chi connectivity index (χ2n) is 7.25. The Balaban J connectivity index is 2.11. The van der Waals surface area contributed by atoms with Crippen LogP contribution in [-0.4, -0.2) is 36.7 Å². The van der Waals surface area contributed by atoms with Crippen molar-refractivity contribution in [1.82, 2.24) is 9.29 Å². The largest absolute Gasteiger partial charge is 0.439 e. The van der Waals surface area contributed by atoms with Crippen molar-refractivity contribution in [2.24, 2.45) is 0 Å². The molecule has 0 bridgehead atoms. The smallest absolute Gasteiger partial charge is 0.250 e. The highest BCUT2D eigenvalue weighted by Crippen LogP contribution is 2.37. The molecule has 0 atom stereocenters. The van der Waals surface area contributed by atoms with Crippen LogP contribution in [0.3, 0.4) is 0 Å². The van der Waals surface area contributed by atoms with Crippen LogP contribution >= 0.6 is 11.6 Å². The van der Waals surface area contributed by atoms with Gasteiger partial charge in [0.1, 0.15) is 10.4 Å². The van der Waals surface area contributed by atoms with Crippen LogP contribution in [0.4, 0.5) is 8.78 Å². The highest BCUT2D eigenvalue weighted by molar-refractivity contribution is 7.89. The SMILES string of the molecule is CC(C)(C)c1nc2ccc(Cl)c(S(=O)(=O)N3CCC(F)(F)CC3)c2o1. The molecule has 1 aromatic carbocycles. The quantitative estimate of drug-likeness (QED) is 0.768. The molecule has 138 valence electrons. The van der Waals surface area contributed by atoms with Gasteiger partial charge in [-0.3, -0.25) is 0 Å². The highest BCUT2D eigenvalue weighted by Gasteiger charge is 2.40. The van der Waals surface area contributed by atoms with E-state index in [1.165, 1.54) is 6.07 Å². The monoisotopic (exact) mass is 392 g/mol. The molecule has 2 heterocycles. The number of sulfonamides is 1. The van der Waals surface area contributed by atoms with Gasteiger partial charge in [0, 0.05) is 31.3 Å². The third kappa shape index (κ3) is 3.39. The van der Waals surface area contributed by atoms with Crippen molar-refractivity contribution < 1.29 is 21.6 Å². The Kier molecular flexibility index (Phi) is 4.37. The molecule has 9 heteroatoms. The molecule has 1 aliphatic heterocycles. The zero-order valence-corrected chi connectivity index (χ0v) is 15.7. The molecule has 25 heavy (non-hydrogen) atoms. The van der Waals surface area contributed by atoms with Crippen LogP contribution in [0.5, 0.6) is 0 Å². The zero-order chi connectivity index (χ0) is 18.6. The molecular weight excluding hydrogens is 374 g/mol. The van der Waals surface area contributed by atoms with Crippen molar-refractivity contribution in [3.05, 3.63) is 23.0 Å². The molecular formula is C16H19ClF2N2O3S. The van der Waals surface area contributed by atoms with E-state index in [0.29, 0.717) is 11.4 Å². The second kappa shape index (κ2) is 5.89. The summed E-state index contributed by atoms with van der Waals surface area (Å²) in [5.74, 6) is -2.46. The number of piperidine rings is 1. The summed E-state index contributed by atoms with van der Waals surface area (Å²) in [7, 11) is -4.07. The lowest BCUT2D eigenvalue weighted by atomic mass is 9.97. The Hall–Kier alpha value is -1.25. The molecule has 0 amide bonds. The van der Waals surface area contributed by atoms with E-state index in [0.717, 1.165) is 4.31 Å². The van der Waals surface area contributed by atoms with Gasteiger partial charge in [0.2, 0.25) is 15.9 Å². The lowest BCUT2D eigenvalue weighted by Gasteiger charge is -2.31. The maximum Gasteiger partial charge on any atom is 0.250 e. The van der Waals surface area contributed by atoms with Crippen molar-refractivity contribution in [1.29, 1.82) is 0 Å². The second-order valence-corrected chi connectivity index (χ2v) is 9.54. The average molecular weight is 393 g/mol. The van der Waals surface area contributed by atoms with Gasteiger partial charge in [-0.15, -0.1) is 0 Å². The summed E-state index contributed by atoms with van der Waals surface area (Å²) >= 11 is 6.14. The van der Waals surface area contributed by atoms with Gasteiger partial charge in [0.15, 0.2) is 5.58 Å². The molecule has 1 fully saturated rings. The standard InChI is InChI=1S/C16H19ClF2N2O3S/c1-15(2,3)14-20-11-5-4-10(17)13(12(11)24-14)25(22,23)21-8-6-16(18,19)7-9-21/h4-5H,6-9H2,1-3H3. The van der Waals surface area contributed by atoms with E-state index in [9.17, 15) is 17.2 Å². The number of benzene rings is 1. The lowest BCUT2D eigenvalue weighted by molar-refractivity contribution is -0.0411. The van der Waals surface area contributed by atoms with Gasteiger partial charge in [-0.2, -0.15) is 4.31 Å². The first-order valence-corrected chi connectivity index (χ1v) is 9.71. The topological polar surface area (TPSA) is 63.4 Å². The first-order chi connectivity index (χ1) is 11.4. The molecule has 2 aromatic rings. The molecule has 3 rings (SSSR count). The predicted molar refractivity (Wildman–Crippen MR) is 90.7 cm³/mol. The van der Waals surface area contributed by atoms with Crippen LogP contribution in [0.15, 0.2) is 21.4 Å². The first kappa shape index (κ1) is 18.5. The summed E-state index contributed by atoms with van der Waals surface area (Å²) in [6.45, 7) is 5.14. The average Bonchev–Trinajstić information content (AvgIpc) is 2.90. The minimum absolute atomic E-state index is 0.0126. The van der Waals surface area contributed by atoms with Crippen molar-refractivity contribution in [3.63, 3.8) is 0 Å². The van der Waals surface area contributed by atoms with Gasteiger partial charge < -0.3 is 4.42 Å². The normalized spacial score (nSPS) is 19.4. The van der Waals surface area contributed by atoms with E-state index in [1.54, 1.807) is 6.07 Å². The fourth-order valence-electron chi connectivity index (χ4n) is 2.69. The van der Waals surface area contributed by atoms with Crippen LogP contribution < -0.4 is 0 Å². The molecule has 0 saturated carbocycles. The van der Waals surface area contributed by atoms with Gasteiger partial charge in [-0.25, -0.2) is 22.2 Å². The summed E-state index contributed by atoms with van der Waals surface area (Å²) in [6.07, 6.45) is -1.02. The lowest BCUT2D eigenvalue weighted by Crippen LogP contribution is -2.42. The van der Waals surface area contributed by atoms with E-state index in [2.05, 4.69) is 4.98 Å². The van der Waals surface area contributed by atoms with Gasteiger partial charge in [-0.1, -0.05) is 32.4 Å². The van der Waals surface area contributed by atoms with Crippen molar-refractivity contribution >= 4 is 32.7 Å². The Morgan fingerprint density at radius 2 is 1.84 bits per heavy atom. The Bertz CT molecular complexity index is 909. The molecule has 5 nitrogen and oxygen atoms in total. The third-order valence-electron chi connectivity index (χ3n) is 4.16. The molecule has 0 aliphatic carbocycles. The van der Waals surface area contributed by atoms with E-state index in [4.69, 9.17) is 16.0 Å². The third-order valence-corrected chi connectivity index (χ3v) is 6.55. The number of alkyl halides is 2. The number of halogens is 3. The molecule has 0 radical (unpaired) electrons. The molecule has 1 saturated heterocycles. The van der Waals surface area contributed by atoms with E-state index < -0.39 is 34.2 Å². The van der Waals surface area contributed by atoms with Gasteiger partial charge >= 0.3 is 0 Å². The summed E-state index contributed by atoms with van der Waals surface area (Å²) in [6, 6.07) is 3.02. The highest BCUT2D eigenvalue weighted by atomic mass is 35.5. The van der Waals surface area contributed by atoms with Crippen LogP contribution in [0, 0.1) is 0 Å². The zero-order valence-electron chi connectivity index (χ0n) is 14.1. The van der Waals surface area contributed by atoms with Crippen molar-refractivity contribution in [2.45, 2.75) is 49.8 Å². The van der Waals surface area contributed by atoms with E-state index in [-0.39, 0.29) is 28.6 Å². The number of aromatic nitrogens is 1. The Labute approximate surface area is 150 Å². The number of fused-ring (bicyclic) bond motifs is 1. The molecule has 0 N–H and O–H groups in total. The molecule has 1 aromatic heterocycles. The number of hydrogen-bond acceptors (Lipinski definition) is 4. The van der Waals surface area contributed by atoms with Crippen LogP contribution in [0.25, 0.3) is 11.1 Å². The number of oxazole rings is 1. The summed E-state index contributed by atoms with van der Waals surface area (Å²) in [5, 5.41) is -0.0126. The fourth-order valence-corrected chi connectivity index (χ4v) is 4.75. The number of nitrogens with zero attached hydrogens (tertiary/aromatic N) is 2. The fraction of sp³-hybridized carbons (Fsp3) is 0.562. The number of rotatable bonds is 2. The van der Waals surface area contributed by atoms with E-state index >= 15 is 0 Å². The maximum absolute atomic E-state index is 13.4. The number of hydrogen-bond donors (Lipinski definition) is 0. The predicted octanol–water partition coefficient (Wildman–Crippen LogP) is 4.20. The van der Waals surface area contributed by atoms with Crippen LogP contribution in [-0.2, 0) is 15.4 Å². The van der Waals surface area contributed by atoms with Crippen molar-refractivity contribution in [2.75, 3.05) is 13.1 Å². The first-order valence-electron chi connectivity index (χ1n) is 7.89. The Morgan fingerprint density at radius 3 is 2.40 bits per heavy atom. The maximum atomic E-state index is 13.4. The molecule has 0 unspecified atom stereocenters. The summed E-state index contributed by atoms with van der Waals surface area (Å²) < 4.78 is 59.5. The van der Waals surface area contributed by atoms with Gasteiger partial charge in [0.25, 0.3) is 5.92 Å². The van der Waals surface area contributed by atoms with Crippen LogP contribution in [0.1, 0.15) is 39.5 Å².